The van der Waals surface area contributed by atoms with Crippen molar-refractivity contribution in [3.05, 3.63) is 35.4 Å². The number of ether oxygens (including phenoxy) is 1. The molecule has 1 atom stereocenters. The Morgan fingerprint density at radius 3 is 2.80 bits per heavy atom. The zero-order valence-electron chi connectivity index (χ0n) is 12.5. The number of methoxy groups -OCH3 is 1. The fraction of sp³-hybridized carbons (Fsp3) is 0.647. The van der Waals surface area contributed by atoms with Crippen LogP contribution in [0.15, 0.2) is 24.3 Å². The molecule has 0 bridgehead atoms. The van der Waals surface area contributed by atoms with Gasteiger partial charge in [-0.15, -0.1) is 0 Å². The second kappa shape index (κ2) is 6.70. The summed E-state index contributed by atoms with van der Waals surface area (Å²) in [5.41, 5.74) is 2.70. The Balaban J connectivity index is 1.61. The van der Waals surface area contributed by atoms with Crippen molar-refractivity contribution in [3.8, 4) is 0 Å². The third kappa shape index (κ3) is 3.81. The van der Waals surface area contributed by atoms with Crippen LogP contribution in [0.1, 0.15) is 36.8 Å². The van der Waals surface area contributed by atoms with E-state index in [-0.39, 0.29) is 0 Å². The molecule has 0 amide bonds. The lowest BCUT2D eigenvalue weighted by Gasteiger charge is -2.25. The molecular weight excluding hydrogens is 248 g/mol. The fourth-order valence-electron chi connectivity index (χ4n) is 3.20. The molecule has 0 radical (unpaired) electrons. The van der Waals surface area contributed by atoms with Gasteiger partial charge in [-0.3, -0.25) is 4.90 Å². The molecular formula is C17H26N2O. The van der Waals surface area contributed by atoms with E-state index in [4.69, 9.17) is 4.74 Å². The summed E-state index contributed by atoms with van der Waals surface area (Å²) >= 11 is 0. The topological polar surface area (TPSA) is 24.5 Å². The Hall–Kier alpha value is -0.900. The predicted octanol–water partition coefficient (Wildman–Crippen LogP) is 2.55. The molecule has 2 fully saturated rings. The molecule has 3 heteroatoms. The Morgan fingerprint density at radius 1 is 1.25 bits per heavy atom. The van der Waals surface area contributed by atoms with Crippen molar-refractivity contribution >= 4 is 0 Å². The molecule has 0 spiro atoms. The normalized spacial score (nSPS) is 22.6. The second-order valence-electron chi connectivity index (χ2n) is 6.21. The van der Waals surface area contributed by atoms with Crippen LogP contribution in [0.25, 0.3) is 0 Å². The lowest BCUT2D eigenvalue weighted by Crippen LogP contribution is -2.38. The number of nitrogens with one attached hydrogen (secondary N) is 1. The Kier molecular flexibility index (Phi) is 4.71. The van der Waals surface area contributed by atoms with Crippen molar-refractivity contribution in [3.63, 3.8) is 0 Å². The first-order valence-corrected chi connectivity index (χ1v) is 7.89. The van der Waals surface area contributed by atoms with Crippen LogP contribution in [0, 0.1) is 0 Å². The first-order chi connectivity index (χ1) is 9.85. The van der Waals surface area contributed by atoms with Crippen LogP contribution in [0.3, 0.4) is 0 Å². The lowest BCUT2D eigenvalue weighted by atomic mass is 10.1. The molecule has 1 aliphatic carbocycles. The van der Waals surface area contributed by atoms with Crippen molar-refractivity contribution < 1.29 is 4.74 Å². The molecule has 1 aromatic rings. The zero-order chi connectivity index (χ0) is 13.8. The summed E-state index contributed by atoms with van der Waals surface area (Å²) in [4.78, 5) is 2.68. The highest BCUT2D eigenvalue weighted by molar-refractivity contribution is 5.23. The van der Waals surface area contributed by atoms with Crippen molar-refractivity contribution in [2.24, 2.45) is 0 Å². The van der Waals surface area contributed by atoms with Gasteiger partial charge in [-0.2, -0.15) is 0 Å². The Bertz CT molecular complexity index is 425. The second-order valence-corrected chi connectivity index (χ2v) is 6.21. The SMILES string of the molecule is COCc1cccc(CN(CC2CCCN2)C2CC2)c1. The van der Waals surface area contributed by atoms with Crippen molar-refractivity contribution in [2.75, 3.05) is 20.2 Å². The molecule has 110 valence electrons. The molecule has 0 aromatic heterocycles. The van der Waals surface area contributed by atoms with Gasteiger partial charge in [0.25, 0.3) is 0 Å². The minimum atomic E-state index is 0.706. The Labute approximate surface area is 122 Å². The number of benzene rings is 1. The highest BCUT2D eigenvalue weighted by atomic mass is 16.5. The van der Waals surface area contributed by atoms with Crippen LogP contribution in [0.5, 0.6) is 0 Å². The fourth-order valence-corrected chi connectivity index (χ4v) is 3.20. The van der Waals surface area contributed by atoms with Crippen LogP contribution in [0.4, 0.5) is 0 Å². The first kappa shape index (κ1) is 14.1. The molecule has 1 aliphatic heterocycles. The molecule has 1 heterocycles. The van der Waals surface area contributed by atoms with Gasteiger partial charge in [-0.25, -0.2) is 0 Å². The van der Waals surface area contributed by atoms with Gasteiger partial charge >= 0.3 is 0 Å². The van der Waals surface area contributed by atoms with Gasteiger partial charge in [0.05, 0.1) is 6.61 Å². The first-order valence-electron chi connectivity index (χ1n) is 7.89. The van der Waals surface area contributed by atoms with E-state index in [0.717, 1.165) is 12.6 Å². The molecule has 1 saturated heterocycles. The largest absolute Gasteiger partial charge is 0.380 e. The van der Waals surface area contributed by atoms with E-state index in [9.17, 15) is 0 Å². The maximum Gasteiger partial charge on any atom is 0.0713 e. The highest BCUT2D eigenvalue weighted by Gasteiger charge is 2.31. The summed E-state index contributed by atoms with van der Waals surface area (Å²) in [6, 6.07) is 10.4. The highest BCUT2D eigenvalue weighted by Crippen LogP contribution is 2.29. The van der Waals surface area contributed by atoms with E-state index in [1.807, 2.05) is 0 Å². The molecule has 3 nitrogen and oxygen atoms in total. The average Bonchev–Trinajstić information content (AvgIpc) is 3.18. The third-order valence-corrected chi connectivity index (χ3v) is 4.37. The monoisotopic (exact) mass is 274 g/mol. The number of hydrogen-bond acceptors (Lipinski definition) is 3. The van der Waals surface area contributed by atoms with Gasteiger partial charge in [0.1, 0.15) is 0 Å². The van der Waals surface area contributed by atoms with Crippen LogP contribution in [0.2, 0.25) is 0 Å². The van der Waals surface area contributed by atoms with Gasteiger partial charge < -0.3 is 10.1 Å². The Morgan fingerprint density at radius 2 is 2.10 bits per heavy atom. The molecule has 2 aliphatic rings. The van der Waals surface area contributed by atoms with Gasteiger partial charge in [0.15, 0.2) is 0 Å². The average molecular weight is 274 g/mol. The van der Waals surface area contributed by atoms with Gasteiger partial charge in [-0.1, -0.05) is 24.3 Å². The summed E-state index contributed by atoms with van der Waals surface area (Å²) in [5.74, 6) is 0. The van der Waals surface area contributed by atoms with E-state index in [0.29, 0.717) is 12.6 Å². The molecule has 1 N–H and O–H groups in total. The quantitative estimate of drug-likeness (QED) is 0.827. The maximum atomic E-state index is 5.23. The lowest BCUT2D eigenvalue weighted by molar-refractivity contribution is 0.184. The van der Waals surface area contributed by atoms with Crippen LogP contribution in [-0.2, 0) is 17.9 Å². The summed E-state index contributed by atoms with van der Waals surface area (Å²) in [6.45, 7) is 4.20. The third-order valence-electron chi connectivity index (χ3n) is 4.37. The van der Waals surface area contributed by atoms with E-state index < -0.39 is 0 Å². The maximum absolute atomic E-state index is 5.23. The van der Waals surface area contributed by atoms with Gasteiger partial charge in [0.2, 0.25) is 0 Å². The smallest absolute Gasteiger partial charge is 0.0713 e. The molecule has 3 rings (SSSR count). The van der Waals surface area contributed by atoms with Crippen molar-refractivity contribution in [1.29, 1.82) is 0 Å². The summed E-state index contributed by atoms with van der Waals surface area (Å²) < 4.78 is 5.23. The van der Waals surface area contributed by atoms with E-state index >= 15 is 0 Å². The van der Waals surface area contributed by atoms with Crippen LogP contribution >= 0.6 is 0 Å². The molecule has 1 unspecified atom stereocenters. The van der Waals surface area contributed by atoms with Gasteiger partial charge in [0, 0.05) is 32.3 Å². The van der Waals surface area contributed by atoms with Crippen LogP contribution in [-0.4, -0.2) is 37.2 Å². The predicted molar refractivity (Wildman–Crippen MR) is 81.6 cm³/mol. The minimum Gasteiger partial charge on any atom is -0.380 e. The van der Waals surface area contributed by atoms with Gasteiger partial charge in [-0.05, 0) is 43.4 Å². The molecule has 1 aromatic carbocycles. The summed E-state index contributed by atoms with van der Waals surface area (Å²) in [6.07, 6.45) is 5.44. The summed E-state index contributed by atoms with van der Waals surface area (Å²) in [5, 5.41) is 3.63. The minimum absolute atomic E-state index is 0.706. The van der Waals surface area contributed by atoms with Crippen molar-refractivity contribution in [2.45, 2.75) is 50.9 Å². The zero-order valence-corrected chi connectivity index (χ0v) is 12.5. The van der Waals surface area contributed by atoms with E-state index in [2.05, 4.69) is 34.5 Å². The van der Waals surface area contributed by atoms with Crippen molar-refractivity contribution in [1.82, 2.24) is 10.2 Å². The number of rotatable bonds is 7. The molecule has 20 heavy (non-hydrogen) atoms. The number of hydrogen-bond donors (Lipinski definition) is 1. The standard InChI is InChI=1S/C17H26N2O/c1-20-13-15-5-2-4-14(10-15)11-19(17-7-8-17)12-16-6-3-9-18-16/h2,4-5,10,16-18H,3,6-9,11-13H2,1H3. The molecule has 1 saturated carbocycles. The van der Waals surface area contributed by atoms with E-state index in [1.165, 1.54) is 49.9 Å². The summed E-state index contributed by atoms with van der Waals surface area (Å²) in [7, 11) is 1.76. The van der Waals surface area contributed by atoms with E-state index in [1.54, 1.807) is 7.11 Å². The number of nitrogens with zero attached hydrogens (tertiary/aromatic N) is 1. The van der Waals surface area contributed by atoms with Crippen LogP contribution < -0.4 is 5.32 Å².